The molecule has 2 heterocycles. The van der Waals surface area contributed by atoms with Gasteiger partial charge < -0.3 is 15.2 Å². The molecule has 3 aromatic rings. The van der Waals surface area contributed by atoms with Crippen LogP contribution in [-0.2, 0) is 16.0 Å². The summed E-state index contributed by atoms with van der Waals surface area (Å²) in [6.07, 6.45) is 0.765. The van der Waals surface area contributed by atoms with Crippen LogP contribution in [0.1, 0.15) is 24.6 Å². The van der Waals surface area contributed by atoms with Crippen molar-refractivity contribution in [1.82, 2.24) is 20.8 Å². The Bertz CT molecular complexity index is 1100. The highest BCUT2D eigenvalue weighted by atomic mass is 16.5. The number of fused-ring (bicyclic) bond motifs is 1. The van der Waals surface area contributed by atoms with Gasteiger partial charge in [-0.15, -0.1) is 0 Å². The molecule has 1 aromatic heterocycles. The number of imide groups is 1. The first-order chi connectivity index (χ1) is 14.5. The number of nitrogens with one attached hydrogen (secondary N) is 2. The lowest BCUT2D eigenvalue weighted by atomic mass is 10.1. The Labute approximate surface area is 172 Å². The predicted octanol–water partition coefficient (Wildman–Crippen LogP) is 2.10. The molecule has 0 spiro atoms. The monoisotopic (exact) mass is 407 g/mol. The fraction of sp³-hybridized carbons (Fsp3) is 0.286. The fourth-order valence-electron chi connectivity index (χ4n) is 3.47. The van der Waals surface area contributed by atoms with Gasteiger partial charge in [0.2, 0.25) is 11.8 Å². The van der Waals surface area contributed by atoms with Crippen LogP contribution in [0.25, 0.3) is 10.8 Å². The van der Waals surface area contributed by atoms with Crippen LogP contribution in [0, 0.1) is 6.92 Å². The summed E-state index contributed by atoms with van der Waals surface area (Å²) in [5, 5.41) is 10.9. The van der Waals surface area contributed by atoms with E-state index in [1.807, 2.05) is 36.4 Å². The lowest BCUT2D eigenvalue weighted by molar-refractivity contribution is -0.121. The van der Waals surface area contributed by atoms with E-state index in [1.54, 1.807) is 13.0 Å². The maximum absolute atomic E-state index is 12.9. The molecule has 0 aliphatic carbocycles. The van der Waals surface area contributed by atoms with Crippen molar-refractivity contribution in [3.05, 3.63) is 54.2 Å². The highest BCUT2D eigenvalue weighted by molar-refractivity contribution is 6.24. The second-order valence-corrected chi connectivity index (χ2v) is 7.05. The number of carbonyl (C=O) groups is 3. The third-order valence-corrected chi connectivity index (χ3v) is 4.92. The van der Waals surface area contributed by atoms with Crippen LogP contribution in [0.5, 0.6) is 0 Å². The molecule has 2 aromatic carbocycles. The van der Waals surface area contributed by atoms with E-state index in [9.17, 15) is 14.4 Å². The van der Waals surface area contributed by atoms with Crippen LogP contribution in [-0.4, -0.2) is 40.6 Å². The molecule has 1 aliphatic rings. The zero-order valence-corrected chi connectivity index (χ0v) is 16.4. The van der Waals surface area contributed by atoms with Gasteiger partial charge in [-0.1, -0.05) is 41.6 Å². The summed E-state index contributed by atoms with van der Waals surface area (Å²) >= 11 is 0. The van der Waals surface area contributed by atoms with Gasteiger partial charge in [0.25, 0.3) is 5.91 Å². The molecular weight excluding hydrogens is 386 g/mol. The number of urea groups is 1. The molecule has 1 aliphatic heterocycles. The molecule has 9 heteroatoms. The standard InChI is InChI=1S/C21H21N5O4/c1-13-23-19(30-25-13)11-12-22-18(27)10-9-16-20(28)26(21(29)24-16)17-8-4-6-14-5-2-3-7-15(14)17/h2-8,16H,9-12H2,1H3,(H,22,27)(H,24,29). The molecule has 1 saturated heterocycles. The van der Waals surface area contributed by atoms with E-state index in [-0.39, 0.29) is 24.7 Å². The van der Waals surface area contributed by atoms with E-state index >= 15 is 0 Å². The first-order valence-electron chi connectivity index (χ1n) is 9.71. The SMILES string of the molecule is Cc1noc(CCNC(=O)CCC2NC(=O)N(c3cccc4ccccc34)C2=O)n1. The number of carbonyl (C=O) groups excluding carboxylic acids is 3. The zero-order valence-electron chi connectivity index (χ0n) is 16.4. The minimum Gasteiger partial charge on any atom is -0.356 e. The molecule has 4 amide bonds. The normalized spacial score (nSPS) is 16.2. The van der Waals surface area contributed by atoms with Crippen molar-refractivity contribution in [2.45, 2.75) is 32.2 Å². The topological polar surface area (TPSA) is 117 Å². The summed E-state index contributed by atoms with van der Waals surface area (Å²) in [6.45, 7) is 2.08. The van der Waals surface area contributed by atoms with Gasteiger partial charge in [-0.05, 0) is 24.8 Å². The number of hydrogen-bond donors (Lipinski definition) is 2. The molecule has 0 saturated carbocycles. The molecule has 4 rings (SSSR count). The van der Waals surface area contributed by atoms with E-state index in [0.29, 0.717) is 30.4 Å². The van der Waals surface area contributed by atoms with Crippen molar-refractivity contribution in [1.29, 1.82) is 0 Å². The second kappa shape index (κ2) is 8.32. The number of benzene rings is 2. The summed E-state index contributed by atoms with van der Waals surface area (Å²) in [5.41, 5.74) is 0.539. The van der Waals surface area contributed by atoms with Gasteiger partial charge in [0, 0.05) is 24.8 Å². The van der Waals surface area contributed by atoms with Crippen molar-refractivity contribution in [3.8, 4) is 0 Å². The number of amides is 4. The third kappa shape index (κ3) is 4.00. The number of anilines is 1. The number of hydrogen-bond acceptors (Lipinski definition) is 6. The van der Waals surface area contributed by atoms with Crippen molar-refractivity contribution in [2.24, 2.45) is 0 Å². The largest absolute Gasteiger partial charge is 0.356 e. The quantitative estimate of drug-likeness (QED) is 0.579. The summed E-state index contributed by atoms with van der Waals surface area (Å²) in [6, 6.07) is 11.8. The summed E-state index contributed by atoms with van der Waals surface area (Å²) < 4.78 is 4.99. The van der Waals surface area contributed by atoms with Crippen molar-refractivity contribution in [2.75, 3.05) is 11.4 Å². The van der Waals surface area contributed by atoms with E-state index in [1.165, 1.54) is 0 Å². The molecule has 1 fully saturated rings. The number of aromatic nitrogens is 2. The molecule has 30 heavy (non-hydrogen) atoms. The highest BCUT2D eigenvalue weighted by Gasteiger charge is 2.39. The van der Waals surface area contributed by atoms with Gasteiger partial charge in [0.05, 0.1) is 5.69 Å². The van der Waals surface area contributed by atoms with Crippen LogP contribution in [0.2, 0.25) is 0 Å². The number of rotatable bonds is 7. The maximum atomic E-state index is 12.9. The van der Waals surface area contributed by atoms with Crippen LogP contribution in [0.4, 0.5) is 10.5 Å². The molecular formula is C21H21N5O4. The molecule has 1 unspecified atom stereocenters. The van der Waals surface area contributed by atoms with Crippen LogP contribution >= 0.6 is 0 Å². The lowest BCUT2D eigenvalue weighted by Gasteiger charge is -2.15. The first-order valence-corrected chi connectivity index (χ1v) is 9.71. The van der Waals surface area contributed by atoms with Gasteiger partial charge in [-0.2, -0.15) is 4.98 Å². The number of aryl methyl sites for hydroxylation is 1. The maximum Gasteiger partial charge on any atom is 0.329 e. The van der Waals surface area contributed by atoms with Crippen LogP contribution < -0.4 is 15.5 Å². The highest BCUT2D eigenvalue weighted by Crippen LogP contribution is 2.29. The van der Waals surface area contributed by atoms with E-state index < -0.39 is 12.1 Å². The summed E-state index contributed by atoms with van der Waals surface area (Å²) in [7, 11) is 0. The van der Waals surface area contributed by atoms with Gasteiger partial charge in [0.15, 0.2) is 5.82 Å². The Balaban J connectivity index is 1.34. The van der Waals surface area contributed by atoms with Gasteiger partial charge in [-0.25, -0.2) is 9.69 Å². The second-order valence-electron chi connectivity index (χ2n) is 7.05. The van der Waals surface area contributed by atoms with Gasteiger partial charge in [-0.3, -0.25) is 9.59 Å². The van der Waals surface area contributed by atoms with Gasteiger partial charge >= 0.3 is 6.03 Å². The summed E-state index contributed by atoms with van der Waals surface area (Å²) in [4.78, 5) is 42.7. The van der Waals surface area contributed by atoms with Crippen molar-refractivity contribution in [3.63, 3.8) is 0 Å². The minimum absolute atomic E-state index is 0.114. The average molecular weight is 407 g/mol. The van der Waals surface area contributed by atoms with E-state index in [2.05, 4.69) is 20.8 Å². The minimum atomic E-state index is -0.735. The molecule has 2 N–H and O–H groups in total. The predicted molar refractivity (Wildman–Crippen MR) is 109 cm³/mol. The lowest BCUT2D eigenvalue weighted by Crippen LogP contribution is -2.33. The number of nitrogens with zero attached hydrogens (tertiary/aromatic N) is 3. The van der Waals surface area contributed by atoms with Gasteiger partial charge in [0.1, 0.15) is 6.04 Å². The molecule has 154 valence electrons. The first kappa shape index (κ1) is 19.6. The Hall–Kier alpha value is -3.75. The third-order valence-electron chi connectivity index (χ3n) is 4.92. The molecule has 9 nitrogen and oxygen atoms in total. The average Bonchev–Trinajstić information content (AvgIpc) is 3.28. The molecule has 1 atom stereocenters. The Morgan fingerprint density at radius 1 is 1.20 bits per heavy atom. The zero-order chi connectivity index (χ0) is 21.1. The van der Waals surface area contributed by atoms with E-state index in [4.69, 9.17) is 4.52 Å². The molecule has 0 bridgehead atoms. The van der Waals surface area contributed by atoms with Crippen molar-refractivity contribution < 1.29 is 18.9 Å². The molecule has 0 radical (unpaired) electrons. The Morgan fingerprint density at radius 2 is 2.00 bits per heavy atom. The van der Waals surface area contributed by atoms with Crippen LogP contribution in [0.3, 0.4) is 0 Å². The van der Waals surface area contributed by atoms with Crippen LogP contribution in [0.15, 0.2) is 47.0 Å². The Morgan fingerprint density at radius 3 is 2.80 bits per heavy atom. The smallest absolute Gasteiger partial charge is 0.329 e. The van der Waals surface area contributed by atoms with E-state index in [0.717, 1.165) is 15.7 Å². The van der Waals surface area contributed by atoms with Crippen molar-refractivity contribution >= 4 is 34.3 Å². The fourth-order valence-corrected chi connectivity index (χ4v) is 3.47. The summed E-state index contributed by atoms with van der Waals surface area (Å²) in [5.74, 6) is 0.432. The Kier molecular flexibility index (Phi) is 5.42.